The lowest BCUT2D eigenvalue weighted by molar-refractivity contribution is -0.115. The second-order valence-electron chi connectivity index (χ2n) is 5.71. The minimum absolute atomic E-state index is 0.0753. The molecule has 7 nitrogen and oxygen atoms in total. The number of H-pyrrole nitrogens is 1. The number of tetrazole rings is 1. The number of hydrogen-bond acceptors (Lipinski definition) is 5. The number of thioether (sulfide) groups is 1. The molecule has 0 fully saturated rings. The van der Waals surface area contributed by atoms with E-state index in [9.17, 15) is 4.79 Å². The Bertz CT molecular complexity index is 1070. The van der Waals surface area contributed by atoms with Crippen LogP contribution in [0.2, 0.25) is 0 Å². The van der Waals surface area contributed by atoms with E-state index in [0.717, 1.165) is 22.2 Å². The molecule has 4 rings (SSSR count). The van der Waals surface area contributed by atoms with Gasteiger partial charge in [0.1, 0.15) is 0 Å². The molecule has 0 aliphatic heterocycles. The number of amides is 1. The summed E-state index contributed by atoms with van der Waals surface area (Å²) in [6, 6.07) is 15.4. The fourth-order valence-corrected chi connectivity index (χ4v) is 3.27. The SMILES string of the molecule is CSc1nnnn1-c1cccc(NC(=O)Cc2c[nH]c3ccccc23)c1. The molecule has 0 atom stereocenters. The van der Waals surface area contributed by atoms with Crippen molar-refractivity contribution in [3.8, 4) is 5.69 Å². The van der Waals surface area contributed by atoms with Crippen LogP contribution in [0.15, 0.2) is 59.9 Å². The highest BCUT2D eigenvalue weighted by Gasteiger charge is 2.11. The third-order valence-electron chi connectivity index (χ3n) is 4.02. The zero-order valence-electron chi connectivity index (χ0n) is 14.0. The molecular formula is C18H16N6OS. The van der Waals surface area contributed by atoms with Gasteiger partial charge in [-0.1, -0.05) is 36.0 Å². The number of nitrogens with zero attached hydrogens (tertiary/aromatic N) is 4. The number of benzene rings is 2. The molecule has 1 amide bonds. The van der Waals surface area contributed by atoms with E-state index in [0.29, 0.717) is 17.3 Å². The van der Waals surface area contributed by atoms with Crippen molar-refractivity contribution in [1.82, 2.24) is 25.2 Å². The number of para-hydroxylation sites is 1. The van der Waals surface area contributed by atoms with Gasteiger partial charge < -0.3 is 10.3 Å². The highest BCUT2D eigenvalue weighted by molar-refractivity contribution is 7.98. The molecule has 2 heterocycles. The monoisotopic (exact) mass is 364 g/mol. The Labute approximate surface area is 153 Å². The lowest BCUT2D eigenvalue weighted by atomic mass is 10.1. The number of aromatic nitrogens is 5. The average molecular weight is 364 g/mol. The van der Waals surface area contributed by atoms with Gasteiger partial charge in [-0.3, -0.25) is 4.79 Å². The van der Waals surface area contributed by atoms with Crippen LogP contribution in [0.1, 0.15) is 5.56 Å². The Morgan fingerprint density at radius 1 is 1.23 bits per heavy atom. The summed E-state index contributed by atoms with van der Waals surface area (Å²) in [7, 11) is 0. The third kappa shape index (κ3) is 3.18. The number of hydrogen-bond donors (Lipinski definition) is 2. The summed E-state index contributed by atoms with van der Waals surface area (Å²) in [5, 5.41) is 16.3. The summed E-state index contributed by atoms with van der Waals surface area (Å²) >= 11 is 1.46. The molecule has 0 bridgehead atoms. The molecule has 0 aliphatic rings. The molecule has 130 valence electrons. The average Bonchev–Trinajstić information content (AvgIpc) is 3.29. The van der Waals surface area contributed by atoms with Crippen LogP contribution < -0.4 is 5.32 Å². The molecule has 0 spiro atoms. The first-order chi connectivity index (χ1) is 12.7. The summed E-state index contributed by atoms with van der Waals surface area (Å²) in [4.78, 5) is 15.7. The van der Waals surface area contributed by atoms with Gasteiger partial charge in [0.05, 0.1) is 12.1 Å². The molecule has 2 aromatic heterocycles. The van der Waals surface area contributed by atoms with E-state index < -0.39 is 0 Å². The number of fused-ring (bicyclic) bond motifs is 1. The van der Waals surface area contributed by atoms with Crippen LogP contribution in [0.5, 0.6) is 0 Å². The minimum atomic E-state index is -0.0753. The van der Waals surface area contributed by atoms with Gasteiger partial charge in [-0.2, -0.15) is 4.68 Å². The van der Waals surface area contributed by atoms with Gasteiger partial charge in [0, 0.05) is 22.8 Å². The van der Waals surface area contributed by atoms with Gasteiger partial charge in [0.25, 0.3) is 0 Å². The van der Waals surface area contributed by atoms with Crippen molar-refractivity contribution >= 4 is 34.3 Å². The predicted molar refractivity (Wildman–Crippen MR) is 102 cm³/mol. The van der Waals surface area contributed by atoms with Crippen molar-refractivity contribution < 1.29 is 4.79 Å². The fourth-order valence-electron chi connectivity index (χ4n) is 2.84. The van der Waals surface area contributed by atoms with Crippen molar-refractivity contribution in [2.24, 2.45) is 0 Å². The summed E-state index contributed by atoms with van der Waals surface area (Å²) in [5.41, 5.74) is 3.50. The topological polar surface area (TPSA) is 88.5 Å². The molecule has 26 heavy (non-hydrogen) atoms. The lowest BCUT2D eigenvalue weighted by Crippen LogP contribution is -2.14. The Hall–Kier alpha value is -3.13. The van der Waals surface area contributed by atoms with Crippen LogP contribution in [0.4, 0.5) is 5.69 Å². The van der Waals surface area contributed by atoms with Gasteiger partial charge in [-0.05, 0) is 46.5 Å². The van der Waals surface area contributed by atoms with E-state index in [4.69, 9.17) is 0 Å². The number of carbonyl (C=O) groups is 1. The van der Waals surface area contributed by atoms with E-state index >= 15 is 0 Å². The van der Waals surface area contributed by atoms with E-state index in [2.05, 4.69) is 25.8 Å². The van der Waals surface area contributed by atoms with Gasteiger partial charge >= 0.3 is 0 Å². The molecule has 8 heteroatoms. The van der Waals surface area contributed by atoms with Crippen LogP contribution in [0, 0.1) is 0 Å². The molecular weight excluding hydrogens is 348 g/mol. The molecule has 4 aromatic rings. The summed E-state index contributed by atoms with van der Waals surface area (Å²) in [6.45, 7) is 0. The van der Waals surface area contributed by atoms with Crippen LogP contribution in [0.25, 0.3) is 16.6 Å². The molecule has 2 N–H and O–H groups in total. The quantitative estimate of drug-likeness (QED) is 0.531. The van der Waals surface area contributed by atoms with E-state index in [1.54, 1.807) is 4.68 Å². The third-order valence-corrected chi connectivity index (χ3v) is 4.64. The zero-order valence-corrected chi connectivity index (χ0v) is 14.8. The van der Waals surface area contributed by atoms with Gasteiger partial charge in [0.15, 0.2) is 0 Å². The fraction of sp³-hybridized carbons (Fsp3) is 0.111. The lowest BCUT2D eigenvalue weighted by Gasteiger charge is -2.08. The highest BCUT2D eigenvalue weighted by atomic mass is 32.2. The summed E-state index contributed by atoms with van der Waals surface area (Å²) < 4.78 is 1.64. The normalized spacial score (nSPS) is 11.0. The number of anilines is 1. The first-order valence-corrected chi connectivity index (χ1v) is 9.25. The van der Waals surface area contributed by atoms with Crippen molar-refractivity contribution in [3.63, 3.8) is 0 Å². The van der Waals surface area contributed by atoms with Crippen molar-refractivity contribution in [1.29, 1.82) is 0 Å². The maximum absolute atomic E-state index is 12.5. The molecule has 0 unspecified atom stereocenters. The van der Waals surface area contributed by atoms with Crippen LogP contribution in [0.3, 0.4) is 0 Å². The van der Waals surface area contributed by atoms with Crippen LogP contribution >= 0.6 is 11.8 Å². The molecule has 0 saturated heterocycles. The van der Waals surface area contributed by atoms with E-state index in [-0.39, 0.29) is 5.91 Å². The Morgan fingerprint density at radius 2 is 2.12 bits per heavy atom. The Morgan fingerprint density at radius 3 is 3.00 bits per heavy atom. The number of nitrogens with one attached hydrogen (secondary N) is 2. The Balaban J connectivity index is 1.52. The van der Waals surface area contributed by atoms with E-state index in [1.807, 2.05) is 61.0 Å². The smallest absolute Gasteiger partial charge is 0.228 e. The number of aromatic amines is 1. The maximum atomic E-state index is 12.5. The van der Waals surface area contributed by atoms with Gasteiger partial charge in [0.2, 0.25) is 11.1 Å². The first kappa shape index (κ1) is 16.3. The zero-order chi connectivity index (χ0) is 17.9. The molecule has 0 radical (unpaired) electrons. The van der Waals surface area contributed by atoms with Crippen LogP contribution in [-0.2, 0) is 11.2 Å². The summed E-state index contributed by atoms with van der Waals surface area (Å²) in [6.07, 6.45) is 4.09. The number of carbonyl (C=O) groups excluding carboxylic acids is 1. The summed E-state index contributed by atoms with van der Waals surface area (Å²) in [5.74, 6) is -0.0753. The standard InChI is InChI=1S/C18H16N6OS/c1-26-18-21-22-23-24(18)14-6-4-5-13(10-14)20-17(25)9-12-11-19-16-8-3-2-7-15(12)16/h2-8,10-11,19H,9H2,1H3,(H,20,25). The van der Waals surface area contributed by atoms with Crippen molar-refractivity contribution in [2.45, 2.75) is 11.6 Å². The second kappa shape index (κ2) is 7.01. The van der Waals surface area contributed by atoms with Crippen LogP contribution in [-0.4, -0.2) is 37.4 Å². The molecule has 0 aliphatic carbocycles. The highest BCUT2D eigenvalue weighted by Crippen LogP contribution is 2.20. The van der Waals surface area contributed by atoms with Crippen molar-refractivity contribution in [2.75, 3.05) is 11.6 Å². The Kier molecular flexibility index (Phi) is 4.40. The maximum Gasteiger partial charge on any atom is 0.228 e. The molecule has 0 saturated carbocycles. The van der Waals surface area contributed by atoms with E-state index in [1.165, 1.54) is 11.8 Å². The second-order valence-corrected chi connectivity index (χ2v) is 6.49. The van der Waals surface area contributed by atoms with Gasteiger partial charge in [-0.15, -0.1) is 5.10 Å². The van der Waals surface area contributed by atoms with Gasteiger partial charge in [-0.25, -0.2) is 0 Å². The minimum Gasteiger partial charge on any atom is -0.361 e. The first-order valence-electron chi connectivity index (χ1n) is 8.02. The largest absolute Gasteiger partial charge is 0.361 e. The molecule has 2 aromatic carbocycles. The van der Waals surface area contributed by atoms with Crippen molar-refractivity contribution in [3.05, 3.63) is 60.3 Å². The number of rotatable bonds is 5. The predicted octanol–water partition coefficient (Wildman–Crippen LogP) is 3.05.